The topological polar surface area (TPSA) is 85.6 Å². The summed E-state index contributed by atoms with van der Waals surface area (Å²) in [7, 11) is 1.67. The number of rotatable bonds is 9. The first kappa shape index (κ1) is 17.6. The molecule has 0 unspecified atom stereocenters. The summed E-state index contributed by atoms with van der Waals surface area (Å²) in [4.78, 5) is 12.5. The first-order valence-corrected chi connectivity index (χ1v) is 7.92. The third-order valence-corrected chi connectivity index (χ3v) is 3.75. The fraction of sp³-hybridized carbons (Fsp3) is 0.643. The summed E-state index contributed by atoms with van der Waals surface area (Å²) in [5, 5.41) is 6.82. The van der Waals surface area contributed by atoms with Gasteiger partial charge in [0.2, 0.25) is 0 Å². The summed E-state index contributed by atoms with van der Waals surface area (Å²) in [5.41, 5.74) is 6.47. The van der Waals surface area contributed by atoms with Crippen LogP contribution >= 0.6 is 11.3 Å². The molecule has 6 nitrogen and oxygen atoms in total. The first-order valence-electron chi connectivity index (χ1n) is 7.11. The van der Waals surface area contributed by atoms with Crippen LogP contribution in [0.1, 0.15) is 36.9 Å². The van der Waals surface area contributed by atoms with Crippen LogP contribution in [0.25, 0.3) is 0 Å². The van der Waals surface area contributed by atoms with E-state index in [9.17, 15) is 4.79 Å². The van der Waals surface area contributed by atoms with Crippen LogP contribution in [0.5, 0.6) is 5.75 Å². The van der Waals surface area contributed by atoms with Crippen LogP contribution < -0.4 is 21.1 Å². The third-order valence-electron chi connectivity index (χ3n) is 2.61. The average Bonchev–Trinajstić information content (AvgIpc) is 2.72. The third kappa shape index (κ3) is 5.09. The maximum atomic E-state index is 12.0. The monoisotopic (exact) mass is 315 g/mol. The minimum Gasteiger partial charge on any atom is -0.486 e. The van der Waals surface area contributed by atoms with E-state index in [-0.39, 0.29) is 12.0 Å². The number of hydrogen-bond acceptors (Lipinski definition) is 6. The van der Waals surface area contributed by atoms with Crippen LogP contribution in [0.15, 0.2) is 0 Å². The molecule has 0 fully saturated rings. The van der Waals surface area contributed by atoms with E-state index < -0.39 is 0 Å². The predicted octanol–water partition coefficient (Wildman–Crippen LogP) is 2.32. The van der Waals surface area contributed by atoms with E-state index in [1.54, 1.807) is 7.11 Å². The molecule has 4 N–H and O–H groups in total. The lowest BCUT2D eigenvalue weighted by Gasteiger charge is -2.12. The van der Waals surface area contributed by atoms with Crippen molar-refractivity contribution in [2.24, 2.45) is 0 Å². The molecule has 1 aromatic rings. The molecule has 0 saturated heterocycles. The highest BCUT2D eigenvalue weighted by Gasteiger charge is 2.22. The smallest absolute Gasteiger partial charge is 0.263 e. The van der Waals surface area contributed by atoms with Crippen molar-refractivity contribution in [1.29, 1.82) is 0 Å². The molecule has 21 heavy (non-hydrogen) atoms. The molecular formula is C14H25N3O3S. The van der Waals surface area contributed by atoms with Gasteiger partial charge in [-0.1, -0.05) is 0 Å². The van der Waals surface area contributed by atoms with Crippen LogP contribution in [0.2, 0.25) is 0 Å². The Hall–Kier alpha value is -1.47. The van der Waals surface area contributed by atoms with E-state index in [1.165, 1.54) is 11.3 Å². The van der Waals surface area contributed by atoms with Crippen molar-refractivity contribution in [2.75, 3.05) is 37.9 Å². The van der Waals surface area contributed by atoms with Crippen LogP contribution in [-0.4, -0.2) is 38.8 Å². The predicted molar refractivity (Wildman–Crippen MR) is 87.5 cm³/mol. The van der Waals surface area contributed by atoms with Gasteiger partial charge in [0, 0.05) is 26.8 Å². The van der Waals surface area contributed by atoms with Gasteiger partial charge in [0.1, 0.15) is 15.6 Å². The van der Waals surface area contributed by atoms with E-state index in [4.69, 9.17) is 15.2 Å². The lowest BCUT2D eigenvalue weighted by molar-refractivity contribution is 0.0960. The molecule has 1 rings (SSSR count). The fourth-order valence-corrected chi connectivity index (χ4v) is 2.72. The normalized spacial score (nSPS) is 10.7. The van der Waals surface area contributed by atoms with Crippen molar-refractivity contribution in [2.45, 2.75) is 33.3 Å². The zero-order valence-corrected chi connectivity index (χ0v) is 13.9. The molecule has 0 aromatic carbocycles. The molecule has 7 heteroatoms. The lowest BCUT2D eigenvalue weighted by atomic mass is 10.3. The quantitative estimate of drug-likeness (QED) is 0.609. The summed E-state index contributed by atoms with van der Waals surface area (Å²) in [5.74, 6) is 0.396. The van der Waals surface area contributed by atoms with Gasteiger partial charge in [-0.25, -0.2) is 0 Å². The Labute approximate surface area is 130 Å². The maximum absolute atomic E-state index is 12.0. The number of hydrogen-bond donors (Lipinski definition) is 3. The molecule has 0 atom stereocenters. The lowest BCUT2D eigenvalue weighted by Crippen LogP contribution is -2.22. The summed E-state index contributed by atoms with van der Waals surface area (Å²) in [6, 6.07) is 0. The van der Waals surface area contributed by atoms with Crippen molar-refractivity contribution >= 4 is 27.9 Å². The highest BCUT2D eigenvalue weighted by atomic mass is 32.1. The molecule has 0 spiro atoms. The van der Waals surface area contributed by atoms with Crippen molar-refractivity contribution in [3.05, 3.63) is 4.88 Å². The fourth-order valence-electron chi connectivity index (χ4n) is 1.73. The second-order valence-electron chi connectivity index (χ2n) is 4.80. The summed E-state index contributed by atoms with van der Waals surface area (Å²) < 4.78 is 10.8. The van der Waals surface area contributed by atoms with Crippen molar-refractivity contribution in [1.82, 2.24) is 5.32 Å². The minimum absolute atomic E-state index is 0.0106. The number of thiophene rings is 1. The van der Waals surface area contributed by atoms with Crippen molar-refractivity contribution in [3.63, 3.8) is 0 Å². The molecule has 0 aliphatic carbocycles. The van der Waals surface area contributed by atoms with Gasteiger partial charge in [0.15, 0.2) is 5.75 Å². The van der Waals surface area contributed by atoms with E-state index in [1.807, 2.05) is 20.8 Å². The van der Waals surface area contributed by atoms with E-state index in [2.05, 4.69) is 10.6 Å². The molecule has 1 aromatic heterocycles. The molecule has 0 aliphatic heterocycles. The molecule has 0 saturated carbocycles. The van der Waals surface area contributed by atoms with E-state index in [0.29, 0.717) is 29.5 Å². The van der Waals surface area contributed by atoms with Gasteiger partial charge in [-0.3, -0.25) is 4.79 Å². The first-order chi connectivity index (χ1) is 10.0. The number of amides is 1. The van der Waals surface area contributed by atoms with Gasteiger partial charge >= 0.3 is 0 Å². The van der Waals surface area contributed by atoms with Gasteiger partial charge in [-0.05, 0) is 27.2 Å². The number of nitrogens with one attached hydrogen (secondary N) is 2. The Morgan fingerprint density at radius 1 is 1.43 bits per heavy atom. The van der Waals surface area contributed by atoms with Crippen LogP contribution in [0.4, 0.5) is 10.7 Å². The Bertz CT molecular complexity index is 461. The molecule has 1 heterocycles. The van der Waals surface area contributed by atoms with Gasteiger partial charge in [0.05, 0.1) is 6.10 Å². The number of methoxy groups -OCH3 is 1. The van der Waals surface area contributed by atoms with Crippen molar-refractivity contribution in [3.8, 4) is 5.75 Å². The second-order valence-corrected chi connectivity index (χ2v) is 5.82. The Balaban J connectivity index is 2.92. The summed E-state index contributed by atoms with van der Waals surface area (Å²) >= 11 is 1.32. The Morgan fingerprint density at radius 2 is 2.14 bits per heavy atom. The number of nitrogen functional groups attached to an aromatic ring is 1. The molecule has 120 valence electrons. The molecule has 1 amide bonds. The van der Waals surface area contributed by atoms with Crippen molar-refractivity contribution < 1.29 is 14.3 Å². The van der Waals surface area contributed by atoms with Gasteiger partial charge in [0.25, 0.3) is 5.91 Å². The van der Waals surface area contributed by atoms with E-state index in [0.717, 1.165) is 18.0 Å². The van der Waals surface area contributed by atoms with Crippen LogP contribution in [0.3, 0.4) is 0 Å². The Morgan fingerprint density at radius 3 is 2.71 bits per heavy atom. The molecular weight excluding hydrogens is 290 g/mol. The Kier molecular flexibility index (Phi) is 7.31. The number of carbonyl (C=O) groups excluding carboxylic acids is 1. The van der Waals surface area contributed by atoms with Crippen LogP contribution in [0, 0.1) is 0 Å². The maximum Gasteiger partial charge on any atom is 0.263 e. The van der Waals surface area contributed by atoms with Gasteiger partial charge in [-0.15, -0.1) is 11.3 Å². The average molecular weight is 315 g/mol. The SMILES string of the molecule is CCNC(=O)c1sc(NCCCOC)c(OC(C)C)c1N. The largest absolute Gasteiger partial charge is 0.486 e. The highest BCUT2D eigenvalue weighted by Crippen LogP contribution is 2.43. The molecule has 0 bridgehead atoms. The standard InChI is InChI=1S/C14H25N3O3S/c1-5-16-13(18)12-10(15)11(20-9(2)3)14(21-12)17-7-6-8-19-4/h9,17H,5-8,15H2,1-4H3,(H,16,18). The summed E-state index contributed by atoms with van der Waals surface area (Å²) in [6.45, 7) is 7.70. The number of ether oxygens (including phenoxy) is 2. The number of anilines is 2. The molecule has 0 aliphatic rings. The zero-order chi connectivity index (χ0) is 15.8. The second kappa shape index (κ2) is 8.74. The minimum atomic E-state index is -0.168. The van der Waals surface area contributed by atoms with Gasteiger partial charge < -0.3 is 25.8 Å². The van der Waals surface area contributed by atoms with E-state index >= 15 is 0 Å². The van der Waals surface area contributed by atoms with Crippen LogP contribution in [-0.2, 0) is 4.74 Å². The number of nitrogens with two attached hydrogens (primary N) is 1. The van der Waals surface area contributed by atoms with Gasteiger partial charge in [-0.2, -0.15) is 0 Å². The summed E-state index contributed by atoms with van der Waals surface area (Å²) in [6.07, 6.45) is 0.856. The molecule has 0 radical (unpaired) electrons. The highest BCUT2D eigenvalue weighted by molar-refractivity contribution is 7.19. The zero-order valence-electron chi connectivity index (χ0n) is 13.1. The number of carbonyl (C=O) groups is 1.